The normalized spacial score (nSPS) is 10.7. The first-order chi connectivity index (χ1) is 14.1. The number of thiazole rings is 1. The summed E-state index contributed by atoms with van der Waals surface area (Å²) in [6, 6.07) is 12.7. The Morgan fingerprint density at radius 2 is 1.97 bits per heavy atom. The Labute approximate surface area is 173 Å². The molecule has 1 heterocycles. The highest BCUT2D eigenvalue weighted by Crippen LogP contribution is 2.29. The predicted octanol–water partition coefficient (Wildman–Crippen LogP) is 4.70. The van der Waals surface area contributed by atoms with Crippen LogP contribution in [0.4, 0.5) is 5.69 Å². The number of nitrogens with one attached hydrogen (secondary N) is 1. The van der Waals surface area contributed by atoms with Crippen molar-refractivity contribution in [2.24, 2.45) is 0 Å². The van der Waals surface area contributed by atoms with Gasteiger partial charge in [0.2, 0.25) is 5.91 Å². The van der Waals surface area contributed by atoms with Gasteiger partial charge in [0, 0.05) is 23.1 Å². The van der Waals surface area contributed by atoms with Crippen LogP contribution in [0.25, 0.3) is 6.08 Å². The molecule has 6 nitrogen and oxygen atoms in total. The van der Waals surface area contributed by atoms with Crippen molar-refractivity contribution in [1.82, 2.24) is 4.98 Å². The third-order valence-corrected chi connectivity index (χ3v) is 4.86. The van der Waals surface area contributed by atoms with E-state index in [1.807, 2.05) is 36.6 Å². The Morgan fingerprint density at radius 1 is 1.14 bits per heavy atom. The van der Waals surface area contributed by atoms with Gasteiger partial charge in [-0.05, 0) is 31.2 Å². The van der Waals surface area contributed by atoms with Crippen molar-refractivity contribution < 1.29 is 19.0 Å². The van der Waals surface area contributed by atoms with Gasteiger partial charge >= 0.3 is 0 Å². The topological polar surface area (TPSA) is 69.7 Å². The van der Waals surface area contributed by atoms with Gasteiger partial charge in [-0.15, -0.1) is 11.3 Å². The summed E-state index contributed by atoms with van der Waals surface area (Å²) in [5, 5.41) is 5.79. The van der Waals surface area contributed by atoms with Crippen molar-refractivity contribution in [1.29, 1.82) is 0 Å². The maximum atomic E-state index is 12.4. The van der Waals surface area contributed by atoms with Gasteiger partial charge in [-0.25, -0.2) is 4.98 Å². The monoisotopic (exact) mass is 410 g/mol. The Balaban J connectivity index is 1.67. The molecule has 0 saturated heterocycles. The summed E-state index contributed by atoms with van der Waals surface area (Å²) >= 11 is 1.59. The Morgan fingerprint density at radius 3 is 2.69 bits per heavy atom. The molecule has 0 aliphatic rings. The number of aromatic nitrogens is 1. The third-order valence-electron chi connectivity index (χ3n) is 4.04. The summed E-state index contributed by atoms with van der Waals surface area (Å²) in [4.78, 5) is 16.8. The Bertz CT molecular complexity index is 1010. The molecule has 0 radical (unpaired) electrons. The molecule has 0 aliphatic carbocycles. The number of methoxy groups -OCH3 is 2. The van der Waals surface area contributed by atoms with Gasteiger partial charge in [-0.2, -0.15) is 0 Å². The van der Waals surface area contributed by atoms with Gasteiger partial charge in [0.25, 0.3) is 0 Å². The van der Waals surface area contributed by atoms with E-state index in [-0.39, 0.29) is 5.91 Å². The predicted molar refractivity (Wildman–Crippen MR) is 115 cm³/mol. The van der Waals surface area contributed by atoms with Crippen molar-refractivity contribution in [2.75, 3.05) is 19.5 Å². The smallest absolute Gasteiger partial charge is 0.248 e. The fraction of sp³-hybridized carbons (Fsp3) is 0.182. The number of nitrogens with zero attached hydrogens (tertiary/aromatic N) is 1. The van der Waals surface area contributed by atoms with Crippen LogP contribution in [-0.2, 0) is 11.4 Å². The van der Waals surface area contributed by atoms with Gasteiger partial charge in [-0.1, -0.05) is 18.2 Å². The average molecular weight is 410 g/mol. The van der Waals surface area contributed by atoms with Crippen molar-refractivity contribution >= 4 is 29.0 Å². The molecule has 7 heteroatoms. The minimum atomic E-state index is -0.279. The zero-order chi connectivity index (χ0) is 20.6. The summed E-state index contributed by atoms with van der Waals surface area (Å²) in [5.74, 6) is 1.58. The fourth-order valence-corrected chi connectivity index (χ4v) is 3.21. The van der Waals surface area contributed by atoms with E-state index in [1.165, 1.54) is 13.2 Å². The summed E-state index contributed by atoms with van der Waals surface area (Å²) < 4.78 is 16.3. The lowest BCUT2D eigenvalue weighted by atomic mass is 10.2. The quantitative estimate of drug-likeness (QED) is 0.545. The highest BCUT2D eigenvalue weighted by molar-refractivity contribution is 7.09. The standard InChI is InChI=1S/C22H22N2O4S/c1-15-23-17(14-29-15)13-28-20-7-5-4-6-16(20)8-11-22(25)24-19-10-9-18(26-2)12-21(19)27-3/h4-12,14H,13H2,1-3H3,(H,24,25)/b11-8+. The number of ether oxygens (including phenoxy) is 3. The van der Waals surface area contributed by atoms with Crippen LogP contribution < -0.4 is 19.5 Å². The number of rotatable bonds is 8. The molecule has 1 N–H and O–H groups in total. The Kier molecular flexibility index (Phi) is 6.86. The zero-order valence-electron chi connectivity index (χ0n) is 16.5. The number of anilines is 1. The van der Waals surface area contributed by atoms with Crippen LogP contribution in [0.2, 0.25) is 0 Å². The molecule has 3 rings (SSSR count). The number of hydrogen-bond acceptors (Lipinski definition) is 6. The maximum absolute atomic E-state index is 12.4. The molecule has 0 spiro atoms. The van der Waals surface area contributed by atoms with Crippen molar-refractivity contribution in [3.63, 3.8) is 0 Å². The lowest BCUT2D eigenvalue weighted by Crippen LogP contribution is -2.09. The van der Waals surface area contributed by atoms with Crippen LogP contribution in [0.5, 0.6) is 17.2 Å². The molecule has 0 unspecified atom stereocenters. The third kappa shape index (κ3) is 5.58. The van der Waals surface area contributed by atoms with Crippen LogP contribution in [-0.4, -0.2) is 25.1 Å². The average Bonchev–Trinajstić information content (AvgIpc) is 3.16. The largest absolute Gasteiger partial charge is 0.497 e. The molecule has 0 bridgehead atoms. The summed E-state index contributed by atoms with van der Waals surface area (Å²) in [5.41, 5.74) is 2.25. The Hall–Kier alpha value is -3.32. The van der Waals surface area contributed by atoms with E-state index in [0.717, 1.165) is 16.3 Å². The van der Waals surface area contributed by atoms with Gasteiger partial charge in [0.05, 0.1) is 30.6 Å². The number of benzene rings is 2. The van der Waals surface area contributed by atoms with Crippen molar-refractivity contribution in [2.45, 2.75) is 13.5 Å². The highest BCUT2D eigenvalue weighted by Gasteiger charge is 2.08. The second-order valence-electron chi connectivity index (χ2n) is 6.07. The minimum absolute atomic E-state index is 0.279. The lowest BCUT2D eigenvalue weighted by molar-refractivity contribution is -0.111. The molecule has 1 amide bonds. The molecule has 2 aromatic carbocycles. The second-order valence-corrected chi connectivity index (χ2v) is 7.14. The van der Waals surface area contributed by atoms with Gasteiger partial charge in [-0.3, -0.25) is 4.79 Å². The van der Waals surface area contributed by atoms with Crippen molar-refractivity contribution in [3.05, 3.63) is 70.2 Å². The maximum Gasteiger partial charge on any atom is 0.248 e. The summed E-state index contributed by atoms with van der Waals surface area (Å²) in [6.45, 7) is 2.34. The number of amides is 1. The van der Waals surface area contributed by atoms with E-state index in [2.05, 4.69) is 10.3 Å². The number of carbonyl (C=O) groups is 1. The number of carbonyl (C=O) groups excluding carboxylic acids is 1. The van der Waals surface area contributed by atoms with Crippen LogP contribution in [0.3, 0.4) is 0 Å². The van der Waals surface area contributed by atoms with Gasteiger partial charge in [0.1, 0.15) is 23.9 Å². The first-order valence-electron chi connectivity index (χ1n) is 8.93. The zero-order valence-corrected chi connectivity index (χ0v) is 17.3. The first kappa shape index (κ1) is 20.4. The van der Waals surface area contributed by atoms with E-state index in [9.17, 15) is 4.79 Å². The van der Waals surface area contributed by atoms with Crippen LogP contribution in [0, 0.1) is 6.92 Å². The molecule has 150 valence electrons. The minimum Gasteiger partial charge on any atom is -0.497 e. The van der Waals surface area contributed by atoms with Crippen LogP contribution >= 0.6 is 11.3 Å². The second kappa shape index (κ2) is 9.75. The fourth-order valence-electron chi connectivity index (χ4n) is 2.62. The molecule has 29 heavy (non-hydrogen) atoms. The lowest BCUT2D eigenvalue weighted by Gasteiger charge is -2.10. The molecule has 0 aliphatic heterocycles. The summed E-state index contributed by atoms with van der Waals surface area (Å²) in [7, 11) is 3.11. The van der Waals surface area contributed by atoms with Crippen LogP contribution in [0.1, 0.15) is 16.3 Å². The molecule has 0 fully saturated rings. The van der Waals surface area contributed by atoms with Gasteiger partial charge < -0.3 is 19.5 Å². The van der Waals surface area contributed by atoms with E-state index in [0.29, 0.717) is 29.5 Å². The van der Waals surface area contributed by atoms with E-state index < -0.39 is 0 Å². The molecule has 1 aromatic heterocycles. The molecule has 0 saturated carbocycles. The van der Waals surface area contributed by atoms with Gasteiger partial charge in [0.15, 0.2) is 0 Å². The SMILES string of the molecule is COc1ccc(NC(=O)/C=C/c2ccccc2OCc2csc(C)n2)c(OC)c1. The number of hydrogen-bond donors (Lipinski definition) is 1. The molecule has 3 aromatic rings. The van der Waals surface area contributed by atoms with E-state index in [1.54, 1.807) is 42.7 Å². The molecular weight excluding hydrogens is 388 g/mol. The summed E-state index contributed by atoms with van der Waals surface area (Å²) in [6.07, 6.45) is 3.17. The van der Waals surface area contributed by atoms with Crippen molar-refractivity contribution in [3.8, 4) is 17.2 Å². The number of aryl methyl sites for hydroxylation is 1. The first-order valence-corrected chi connectivity index (χ1v) is 9.81. The molecule has 0 atom stereocenters. The van der Waals surface area contributed by atoms with Crippen LogP contribution in [0.15, 0.2) is 53.9 Å². The van der Waals surface area contributed by atoms with E-state index >= 15 is 0 Å². The highest BCUT2D eigenvalue weighted by atomic mass is 32.1. The van der Waals surface area contributed by atoms with E-state index in [4.69, 9.17) is 14.2 Å². The molecular formula is C22H22N2O4S. The number of para-hydroxylation sites is 1.